The highest BCUT2D eigenvalue weighted by Crippen LogP contribution is 2.44. The molecule has 0 aromatic heterocycles. The van der Waals surface area contributed by atoms with E-state index in [1.54, 1.807) is 0 Å². The van der Waals surface area contributed by atoms with Crippen LogP contribution >= 0.6 is 0 Å². The van der Waals surface area contributed by atoms with Crippen LogP contribution in [0.5, 0.6) is 0 Å². The highest BCUT2D eigenvalue weighted by molar-refractivity contribution is 5.73. The zero-order valence-electron chi connectivity index (χ0n) is 11.7. The van der Waals surface area contributed by atoms with Gasteiger partial charge >= 0.3 is 6.03 Å². The second kappa shape index (κ2) is 7.17. The summed E-state index contributed by atoms with van der Waals surface area (Å²) >= 11 is 0. The van der Waals surface area contributed by atoms with Crippen molar-refractivity contribution in [2.24, 2.45) is 5.92 Å². The minimum absolute atomic E-state index is 0.0375. The molecular weight excluding hydrogens is 236 g/mol. The standard InChI is InChI=1S/C16H24N2O/c1-2-11-17-16(19)18-12-10-15(14-8-9-14)13-6-4-3-5-7-13/h3-7,14-15H,2,8-12H2,1H3,(H2,17,18,19). The van der Waals surface area contributed by atoms with E-state index in [4.69, 9.17) is 0 Å². The third kappa shape index (κ3) is 4.58. The Balaban J connectivity index is 1.77. The molecule has 3 heteroatoms. The molecule has 104 valence electrons. The van der Waals surface area contributed by atoms with Gasteiger partial charge in [-0.15, -0.1) is 0 Å². The summed E-state index contributed by atoms with van der Waals surface area (Å²) in [5.41, 5.74) is 1.42. The maximum atomic E-state index is 11.5. The average Bonchev–Trinajstić information content (AvgIpc) is 3.27. The molecule has 2 rings (SSSR count). The van der Waals surface area contributed by atoms with E-state index in [-0.39, 0.29) is 6.03 Å². The molecular formula is C16H24N2O. The van der Waals surface area contributed by atoms with Gasteiger partial charge in [0.25, 0.3) is 0 Å². The minimum Gasteiger partial charge on any atom is -0.338 e. The summed E-state index contributed by atoms with van der Waals surface area (Å²) in [6, 6.07) is 10.6. The summed E-state index contributed by atoms with van der Waals surface area (Å²) in [6.07, 6.45) is 4.68. The molecule has 19 heavy (non-hydrogen) atoms. The van der Waals surface area contributed by atoms with Crippen molar-refractivity contribution in [3.05, 3.63) is 35.9 Å². The summed E-state index contributed by atoms with van der Waals surface area (Å²) in [6.45, 7) is 3.56. The van der Waals surface area contributed by atoms with Crippen LogP contribution in [0.2, 0.25) is 0 Å². The van der Waals surface area contributed by atoms with Crippen molar-refractivity contribution >= 4 is 6.03 Å². The van der Waals surface area contributed by atoms with Crippen LogP contribution in [-0.2, 0) is 0 Å². The average molecular weight is 260 g/mol. The van der Waals surface area contributed by atoms with E-state index >= 15 is 0 Å². The van der Waals surface area contributed by atoms with Crippen molar-refractivity contribution in [3.63, 3.8) is 0 Å². The Labute approximate surface area is 115 Å². The number of carbonyl (C=O) groups excluding carboxylic acids is 1. The highest BCUT2D eigenvalue weighted by Gasteiger charge is 2.31. The Hall–Kier alpha value is -1.51. The van der Waals surface area contributed by atoms with E-state index in [0.717, 1.165) is 31.8 Å². The molecule has 1 aliphatic carbocycles. The number of urea groups is 1. The number of carbonyl (C=O) groups is 1. The fourth-order valence-electron chi connectivity index (χ4n) is 2.52. The summed E-state index contributed by atoms with van der Waals surface area (Å²) in [7, 11) is 0. The van der Waals surface area contributed by atoms with E-state index in [1.807, 2.05) is 0 Å². The minimum atomic E-state index is -0.0375. The fraction of sp³-hybridized carbons (Fsp3) is 0.562. The van der Waals surface area contributed by atoms with Crippen LogP contribution in [0.1, 0.15) is 44.1 Å². The van der Waals surface area contributed by atoms with Gasteiger partial charge in [-0.2, -0.15) is 0 Å². The summed E-state index contributed by atoms with van der Waals surface area (Å²) in [5.74, 6) is 1.43. The largest absolute Gasteiger partial charge is 0.338 e. The first kappa shape index (κ1) is 13.9. The summed E-state index contributed by atoms with van der Waals surface area (Å²) < 4.78 is 0. The van der Waals surface area contributed by atoms with Gasteiger partial charge in [-0.05, 0) is 43.1 Å². The van der Waals surface area contributed by atoms with Crippen LogP contribution in [0, 0.1) is 5.92 Å². The number of amides is 2. The molecule has 1 saturated carbocycles. The quantitative estimate of drug-likeness (QED) is 0.776. The van der Waals surface area contributed by atoms with Crippen molar-refractivity contribution < 1.29 is 4.79 Å². The Morgan fingerprint density at radius 1 is 1.21 bits per heavy atom. The number of hydrogen-bond donors (Lipinski definition) is 2. The molecule has 3 nitrogen and oxygen atoms in total. The van der Waals surface area contributed by atoms with E-state index in [2.05, 4.69) is 47.9 Å². The van der Waals surface area contributed by atoms with Gasteiger partial charge in [-0.3, -0.25) is 0 Å². The Kier molecular flexibility index (Phi) is 5.25. The van der Waals surface area contributed by atoms with E-state index in [0.29, 0.717) is 5.92 Å². The number of rotatable bonds is 7. The Morgan fingerprint density at radius 3 is 2.53 bits per heavy atom. The van der Waals surface area contributed by atoms with Crippen LogP contribution in [0.3, 0.4) is 0 Å². The molecule has 0 spiro atoms. The summed E-state index contributed by atoms with van der Waals surface area (Å²) in [5, 5.41) is 5.79. The van der Waals surface area contributed by atoms with Crippen molar-refractivity contribution in [1.82, 2.24) is 10.6 Å². The molecule has 0 bridgehead atoms. The molecule has 0 saturated heterocycles. The first-order chi connectivity index (χ1) is 9.31. The molecule has 1 unspecified atom stereocenters. The third-order valence-corrected chi connectivity index (χ3v) is 3.70. The zero-order chi connectivity index (χ0) is 13.5. The van der Waals surface area contributed by atoms with Crippen molar-refractivity contribution in [2.75, 3.05) is 13.1 Å². The number of nitrogens with one attached hydrogen (secondary N) is 2. The van der Waals surface area contributed by atoms with E-state index in [1.165, 1.54) is 18.4 Å². The lowest BCUT2D eigenvalue weighted by molar-refractivity contribution is 0.240. The molecule has 1 fully saturated rings. The molecule has 1 aromatic rings. The smallest absolute Gasteiger partial charge is 0.314 e. The van der Waals surface area contributed by atoms with Gasteiger partial charge in [-0.25, -0.2) is 4.79 Å². The normalized spacial score (nSPS) is 15.8. The maximum Gasteiger partial charge on any atom is 0.314 e. The molecule has 0 heterocycles. The van der Waals surface area contributed by atoms with Gasteiger partial charge in [-0.1, -0.05) is 37.3 Å². The second-order valence-corrected chi connectivity index (χ2v) is 5.33. The second-order valence-electron chi connectivity index (χ2n) is 5.33. The van der Waals surface area contributed by atoms with Gasteiger partial charge in [0.05, 0.1) is 0 Å². The van der Waals surface area contributed by atoms with Crippen LogP contribution in [-0.4, -0.2) is 19.1 Å². The molecule has 2 N–H and O–H groups in total. The van der Waals surface area contributed by atoms with Crippen molar-refractivity contribution in [3.8, 4) is 0 Å². The van der Waals surface area contributed by atoms with E-state index in [9.17, 15) is 4.79 Å². The van der Waals surface area contributed by atoms with Crippen LogP contribution < -0.4 is 10.6 Å². The highest BCUT2D eigenvalue weighted by atomic mass is 16.2. The van der Waals surface area contributed by atoms with Gasteiger partial charge in [0.2, 0.25) is 0 Å². The van der Waals surface area contributed by atoms with Gasteiger partial charge < -0.3 is 10.6 Å². The van der Waals surface area contributed by atoms with Crippen LogP contribution in [0.15, 0.2) is 30.3 Å². The molecule has 2 amide bonds. The lowest BCUT2D eigenvalue weighted by Gasteiger charge is -2.17. The molecule has 0 aliphatic heterocycles. The lowest BCUT2D eigenvalue weighted by atomic mass is 9.91. The number of hydrogen-bond acceptors (Lipinski definition) is 1. The van der Waals surface area contributed by atoms with Crippen molar-refractivity contribution in [2.45, 2.75) is 38.5 Å². The van der Waals surface area contributed by atoms with Gasteiger partial charge in [0.1, 0.15) is 0 Å². The predicted octanol–water partition coefficient (Wildman–Crippen LogP) is 3.28. The van der Waals surface area contributed by atoms with Crippen LogP contribution in [0.4, 0.5) is 4.79 Å². The third-order valence-electron chi connectivity index (χ3n) is 3.70. The molecule has 1 aliphatic rings. The van der Waals surface area contributed by atoms with Crippen LogP contribution in [0.25, 0.3) is 0 Å². The van der Waals surface area contributed by atoms with Gasteiger partial charge in [0.15, 0.2) is 0 Å². The maximum absolute atomic E-state index is 11.5. The Morgan fingerprint density at radius 2 is 1.89 bits per heavy atom. The predicted molar refractivity (Wildman–Crippen MR) is 78.2 cm³/mol. The SMILES string of the molecule is CCCNC(=O)NCCC(c1ccccc1)C1CC1. The number of benzene rings is 1. The lowest BCUT2D eigenvalue weighted by Crippen LogP contribution is -2.36. The first-order valence-corrected chi connectivity index (χ1v) is 7.38. The monoisotopic (exact) mass is 260 g/mol. The first-order valence-electron chi connectivity index (χ1n) is 7.38. The molecule has 1 aromatic carbocycles. The molecule has 0 radical (unpaired) electrons. The van der Waals surface area contributed by atoms with E-state index < -0.39 is 0 Å². The topological polar surface area (TPSA) is 41.1 Å². The molecule has 1 atom stereocenters. The zero-order valence-corrected chi connectivity index (χ0v) is 11.7. The summed E-state index contributed by atoms with van der Waals surface area (Å²) in [4.78, 5) is 11.5. The van der Waals surface area contributed by atoms with Crippen molar-refractivity contribution in [1.29, 1.82) is 0 Å². The van der Waals surface area contributed by atoms with Gasteiger partial charge in [0, 0.05) is 13.1 Å². The fourth-order valence-corrected chi connectivity index (χ4v) is 2.52. The Bertz CT molecular complexity index is 387.